The molecule has 5 heteroatoms. The summed E-state index contributed by atoms with van der Waals surface area (Å²) >= 11 is 0. The van der Waals surface area contributed by atoms with Crippen molar-refractivity contribution in [3.8, 4) is 16.9 Å². The Hall–Kier alpha value is -2.92. The molecule has 1 aromatic heterocycles. The number of benzene rings is 2. The lowest BCUT2D eigenvalue weighted by atomic mass is 10.1. The lowest BCUT2D eigenvalue weighted by Crippen LogP contribution is -2.23. The molecule has 146 valence electrons. The third-order valence-corrected chi connectivity index (χ3v) is 4.69. The molecule has 1 amide bonds. The predicted octanol–water partition coefficient (Wildman–Crippen LogP) is 3.81. The van der Waals surface area contributed by atoms with Gasteiger partial charge in [0.25, 0.3) is 0 Å². The summed E-state index contributed by atoms with van der Waals surface area (Å²) in [6, 6.07) is 18.6. The average molecular weight is 377 g/mol. The molecular weight excluding hydrogens is 348 g/mol. The van der Waals surface area contributed by atoms with Gasteiger partial charge in [-0.15, -0.1) is 0 Å². The van der Waals surface area contributed by atoms with E-state index in [1.165, 1.54) is 5.56 Å². The van der Waals surface area contributed by atoms with Crippen LogP contribution in [0.5, 0.6) is 0 Å². The molecule has 0 fully saturated rings. The van der Waals surface area contributed by atoms with Gasteiger partial charge in [-0.2, -0.15) is 5.10 Å². The zero-order valence-corrected chi connectivity index (χ0v) is 16.9. The third kappa shape index (κ3) is 5.08. The van der Waals surface area contributed by atoms with Crippen LogP contribution in [0.15, 0.2) is 60.8 Å². The Balaban J connectivity index is 1.74. The van der Waals surface area contributed by atoms with Gasteiger partial charge in [0.15, 0.2) is 0 Å². The molecule has 2 aromatic carbocycles. The first-order chi connectivity index (χ1) is 13.5. The van der Waals surface area contributed by atoms with Crippen LogP contribution in [0.3, 0.4) is 0 Å². The van der Waals surface area contributed by atoms with Gasteiger partial charge in [0.1, 0.15) is 0 Å². The maximum absolute atomic E-state index is 11.7. The van der Waals surface area contributed by atoms with Crippen molar-refractivity contribution in [1.29, 1.82) is 0 Å². The minimum absolute atomic E-state index is 0.166. The van der Waals surface area contributed by atoms with E-state index in [1.54, 1.807) is 19.0 Å². The highest BCUT2D eigenvalue weighted by molar-refractivity contribution is 5.75. The Kier molecular flexibility index (Phi) is 6.61. The van der Waals surface area contributed by atoms with Crippen molar-refractivity contribution in [3.63, 3.8) is 0 Å². The molecule has 0 aliphatic rings. The maximum atomic E-state index is 11.7. The molecule has 5 nitrogen and oxygen atoms in total. The molecule has 0 saturated carbocycles. The average Bonchev–Trinajstić information content (AvgIpc) is 3.13. The highest BCUT2D eigenvalue weighted by atomic mass is 16.2. The Labute approximate surface area is 167 Å². The number of hydrogen-bond acceptors (Lipinski definition) is 3. The first-order valence-electron chi connectivity index (χ1n) is 9.66. The van der Waals surface area contributed by atoms with Crippen molar-refractivity contribution in [2.24, 2.45) is 0 Å². The van der Waals surface area contributed by atoms with Crippen LogP contribution in [0.2, 0.25) is 0 Å². The molecule has 0 saturated heterocycles. The summed E-state index contributed by atoms with van der Waals surface area (Å²) in [6.07, 6.45) is 3.47. The van der Waals surface area contributed by atoms with Crippen LogP contribution in [0.25, 0.3) is 16.9 Å². The molecule has 0 unspecified atom stereocenters. The zero-order valence-electron chi connectivity index (χ0n) is 16.9. The first-order valence-corrected chi connectivity index (χ1v) is 9.66. The van der Waals surface area contributed by atoms with E-state index in [2.05, 4.69) is 54.8 Å². The lowest BCUT2D eigenvalue weighted by Gasteiger charge is -2.10. The number of carbonyl (C=O) groups excluding carboxylic acids is 1. The van der Waals surface area contributed by atoms with Crippen LogP contribution < -0.4 is 5.32 Å². The quantitative estimate of drug-likeness (QED) is 0.608. The van der Waals surface area contributed by atoms with Crippen LogP contribution in [0, 0.1) is 6.92 Å². The largest absolute Gasteiger partial charge is 0.349 e. The molecule has 3 rings (SSSR count). The second kappa shape index (κ2) is 9.33. The summed E-state index contributed by atoms with van der Waals surface area (Å²) in [4.78, 5) is 13.3. The normalized spacial score (nSPS) is 10.8. The molecule has 0 spiro atoms. The van der Waals surface area contributed by atoms with Crippen LogP contribution in [-0.4, -0.2) is 41.2 Å². The van der Waals surface area contributed by atoms with Crippen molar-refractivity contribution in [2.75, 3.05) is 20.6 Å². The number of nitrogens with one attached hydrogen (secondary N) is 1. The fourth-order valence-corrected chi connectivity index (χ4v) is 3.02. The van der Waals surface area contributed by atoms with Gasteiger partial charge in [-0.3, -0.25) is 4.79 Å². The van der Waals surface area contributed by atoms with Crippen LogP contribution in [0.4, 0.5) is 0 Å². The van der Waals surface area contributed by atoms with Crippen molar-refractivity contribution >= 4 is 5.91 Å². The fraction of sp³-hybridized carbons (Fsp3) is 0.304. The van der Waals surface area contributed by atoms with Gasteiger partial charge in [-0.25, -0.2) is 4.68 Å². The van der Waals surface area contributed by atoms with E-state index >= 15 is 0 Å². The van der Waals surface area contributed by atoms with E-state index in [0.29, 0.717) is 13.0 Å². The number of aryl methyl sites for hydroxylation is 1. The predicted molar refractivity (Wildman–Crippen MR) is 113 cm³/mol. The van der Waals surface area contributed by atoms with E-state index in [0.717, 1.165) is 35.5 Å². The Morgan fingerprint density at radius 2 is 1.79 bits per heavy atom. The number of rotatable bonds is 8. The van der Waals surface area contributed by atoms with E-state index in [-0.39, 0.29) is 5.91 Å². The molecule has 0 aliphatic heterocycles. The molecule has 0 radical (unpaired) electrons. The van der Waals surface area contributed by atoms with Crippen molar-refractivity contribution in [1.82, 2.24) is 20.0 Å². The molecule has 1 heterocycles. The summed E-state index contributed by atoms with van der Waals surface area (Å²) < 4.78 is 1.93. The lowest BCUT2D eigenvalue weighted by molar-refractivity contribution is -0.128. The van der Waals surface area contributed by atoms with E-state index in [9.17, 15) is 4.79 Å². The van der Waals surface area contributed by atoms with Gasteiger partial charge < -0.3 is 10.2 Å². The van der Waals surface area contributed by atoms with E-state index < -0.39 is 0 Å². The number of amides is 1. The fourth-order valence-electron chi connectivity index (χ4n) is 3.02. The molecule has 28 heavy (non-hydrogen) atoms. The van der Waals surface area contributed by atoms with Crippen molar-refractivity contribution in [2.45, 2.75) is 26.3 Å². The molecule has 0 atom stereocenters. The van der Waals surface area contributed by atoms with Gasteiger partial charge in [-0.05, 0) is 32.0 Å². The van der Waals surface area contributed by atoms with Crippen LogP contribution >= 0.6 is 0 Å². The number of aromatic nitrogens is 2. The standard InChI is InChI=1S/C23H28N4O/c1-18-11-13-19(14-12-18)23-20(16-24-15-7-10-22(28)26(2)3)17-27(25-23)21-8-5-4-6-9-21/h4-6,8-9,11-14,17,24H,7,10,15-16H2,1-3H3. The van der Waals surface area contributed by atoms with Gasteiger partial charge in [0.2, 0.25) is 5.91 Å². The van der Waals surface area contributed by atoms with Crippen LogP contribution in [0.1, 0.15) is 24.0 Å². The Morgan fingerprint density at radius 3 is 2.46 bits per heavy atom. The molecule has 0 bridgehead atoms. The zero-order chi connectivity index (χ0) is 19.9. The second-order valence-electron chi connectivity index (χ2n) is 7.22. The monoisotopic (exact) mass is 376 g/mol. The maximum Gasteiger partial charge on any atom is 0.222 e. The highest BCUT2D eigenvalue weighted by Crippen LogP contribution is 2.24. The summed E-state index contributed by atoms with van der Waals surface area (Å²) in [5.74, 6) is 0.166. The molecule has 0 aliphatic carbocycles. The third-order valence-electron chi connectivity index (χ3n) is 4.69. The van der Waals surface area contributed by atoms with E-state index in [4.69, 9.17) is 5.10 Å². The summed E-state index contributed by atoms with van der Waals surface area (Å²) in [6.45, 7) is 3.60. The Morgan fingerprint density at radius 1 is 1.07 bits per heavy atom. The van der Waals surface area contributed by atoms with Crippen LogP contribution in [-0.2, 0) is 11.3 Å². The van der Waals surface area contributed by atoms with E-state index in [1.807, 2.05) is 22.9 Å². The topological polar surface area (TPSA) is 50.2 Å². The minimum Gasteiger partial charge on any atom is -0.349 e. The molecular formula is C23H28N4O. The summed E-state index contributed by atoms with van der Waals surface area (Å²) in [7, 11) is 3.59. The minimum atomic E-state index is 0.166. The number of carbonyl (C=O) groups is 1. The van der Waals surface area contributed by atoms with Crippen molar-refractivity contribution < 1.29 is 4.79 Å². The smallest absolute Gasteiger partial charge is 0.222 e. The van der Waals surface area contributed by atoms with Gasteiger partial charge in [0, 0.05) is 44.4 Å². The molecule has 3 aromatic rings. The van der Waals surface area contributed by atoms with Gasteiger partial charge in [-0.1, -0.05) is 48.0 Å². The summed E-state index contributed by atoms with van der Waals surface area (Å²) in [5, 5.41) is 8.30. The Bertz CT molecular complexity index is 898. The van der Waals surface area contributed by atoms with Crippen molar-refractivity contribution in [3.05, 3.63) is 71.9 Å². The second-order valence-corrected chi connectivity index (χ2v) is 7.22. The molecule has 1 N–H and O–H groups in total. The van der Waals surface area contributed by atoms with Gasteiger partial charge >= 0.3 is 0 Å². The number of hydrogen-bond donors (Lipinski definition) is 1. The highest BCUT2D eigenvalue weighted by Gasteiger charge is 2.12. The SMILES string of the molecule is Cc1ccc(-c2nn(-c3ccccc3)cc2CNCCCC(=O)N(C)C)cc1. The van der Waals surface area contributed by atoms with Gasteiger partial charge in [0.05, 0.1) is 11.4 Å². The summed E-state index contributed by atoms with van der Waals surface area (Å²) in [5.41, 5.74) is 5.52. The first kappa shape index (κ1) is 19.8. The number of para-hydroxylation sites is 1. The number of nitrogens with zero attached hydrogens (tertiary/aromatic N) is 3.